The van der Waals surface area contributed by atoms with E-state index in [4.69, 9.17) is 0 Å². The van der Waals surface area contributed by atoms with E-state index in [0.29, 0.717) is 6.42 Å². The molecule has 0 amide bonds. The largest absolute Gasteiger partial charge is 0.264 e. The highest BCUT2D eigenvalue weighted by Crippen LogP contribution is 2.24. The molecule has 2 rings (SSSR count). The van der Waals surface area contributed by atoms with Crippen LogP contribution in [0.1, 0.15) is 12.0 Å². The van der Waals surface area contributed by atoms with Gasteiger partial charge in [0.05, 0.1) is 0 Å². The molecule has 1 aromatic rings. The maximum Gasteiger partial charge on any atom is 0.235 e. The third-order valence-corrected chi connectivity index (χ3v) is 2.48. The summed E-state index contributed by atoms with van der Waals surface area (Å²) in [6.07, 6.45) is 5.81. The molecule has 0 aliphatic heterocycles. The predicted octanol–water partition coefficient (Wildman–Crippen LogP) is 2.68. The lowest BCUT2D eigenvalue weighted by Crippen LogP contribution is -2.18. The summed E-state index contributed by atoms with van der Waals surface area (Å²) in [6, 6.07) is 9.19. The summed E-state index contributed by atoms with van der Waals surface area (Å²) in [4.78, 5) is 10.4. The minimum absolute atomic E-state index is 0.244. The third kappa shape index (κ3) is 2.13. The molecule has 0 aromatic heterocycles. The maximum atomic E-state index is 10.7. The van der Waals surface area contributed by atoms with Gasteiger partial charge < -0.3 is 0 Å². The second-order valence-corrected chi connectivity index (χ2v) is 3.50. The van der Waals surface area contributed by atoms with Gasteiger partial charge in [0.25, 0.3) is 0 Å². The van der Waals surface area contributed by atoms with Gasteiger partial charge in [0.15, 0.2) is 0 Å². The van der Waals surface area contributed by atoms with Gasteiger partial charge in [-0.1, -0.05) is 42.5 Å². The van der Waals surface area contributed by atoms with E-state index in [2.05, 4.69) is 0 Å². The van der Waals surface area contributed by atoms with E-state index < -0.39 is 6.04 Å². The summed E-state index contributed by atoms with van der Waals surface area (Å²) >= 11 is 0. The minimum Gasteiger partial charge on any atom is -0.264 e. The van der Waals surface area contributed by atoms with Crippen LogP contribution in [0.3, 0.4) is 0 Å². The molecule has 1 aromatic carbocycles. The fourth-order valence-corrected chi connectivity index (χ4v) is 1.67. The number of hydrogen-bond acceptors (Lipinski definition) is 2. The Morgan fingerprint density at radius 1 is 1.27 bits per heavy atom. The molecule has 76 valence electrons. The van der Waals surface area contributed by atoms with Crippen molar-refractivity contribution in [2.24, 2.45) is 0 Å². The molecule has 0 radical (unpaired) electrons. The van der Waals surface area contributed by atoms with E-state index in [1.54, 1.807) is 12.2 Å². The molecule has 1 aliphatic rings. The van der Waals surface area contributed by atoms with Gasteiger partial charge in [0, 0.05) is 11.3 Å². The molecule has 0 saturated heterocycles. The molecule has 3 heteroatoms. The van der Waals surface area contributed by atoms with Crippen molar-refractivity contribution in [1.82, 2.24) is 0 Å². The Morgan fingerprint density at radius 2 is 2.00 bits per heavy atom. The number of rotatable bonds is 2. The summed E-state index contributed by atoms with van der Waals surface area (Å²) in [5, 5.41) is 10.7. The molecule has 1 unspecified atom stereocenters. The van der Waals surface area contributed by atoms with Crippen LogP contribution in [0.2, 0.25) is 0 Å². The Morgan fingerprint density at radius 3 is 2.67 bits per heavy atom. The Labute approximate surface area is 87.9 Å². The fourth-order valence-electron chi connectivity index (χ4n) is 1.67. The number of nitro groups is 1. The van der Waals surface area contributed by atoms with Crippen molar-refractivity contribution < 1.29 is 4.92 Å². The van der Waals surface area contributed by atoms with Crippen molar-refractivity contribution in [3.63, 3.8) is 0 Å². The van der Waals surface area contributed by atoms with Gasteiger partial charge >= 0.3 is 0 Å². The van der Waals surface area contributed by atoms with Gasteiger partial charge in [-0.25, -0.2) is 0 Å². The monoisotopic (exact) mass is 201 g/mol. The van der Waals surface area contributed by atoms with Crippen LogP contribution >= 0.6 is 0 Å². The molecule has 0 fully saturated rings. The van der Waals surface area contributed by atoms with Crippen molar-refractivity contribution >= 4 is 5.57 Å². The lowest BCUT2D eigenvalue weighted by Gasteiger charge is -2.12. The average molecular weight is 201 g/mol. The van der Waals surface area contributed by atoms with Crippen molar-refractivity contribution in [1.29, 1.82) is 0 Å². The van der Waals surface area contributed by atoms with Gasteiger partial charge in [-0.15, -0.1) is 0 Å². The lowest BCUT2D eigenvalue weighted by atomic mass is 9.95. The number of benzene rings is 1. The Hall–Kier alpha value is -1.90. The quantitative estimate of drug-likeness (QED) is 0.545. The molecule has 1 aliphatic carbocycles. The first-order valence-electron chi connectivity index (χ1n) is 4.83. The number of hydrogen-bond donors (Lipinski definition) is 0. The van der Waals surface area contributed by atoms with Crippen molar-refractivity contribution in [3.8, 4) is 0 Å². The summed E-state index contributed by atoms with van der Waals surface area (Å²) in [7, 11) is 0. The summed E-state index contributed by atoms with van der Waals surface area (Å²) in [6.45, 7) is 0. The van der Waals surface area contributed by atoms with E-state index in [0.717, 1.165) is 11.1 Å². The van der Waals surface area contributed by atoms with Crippen LogP contribution in [0.4, 0.5) is 0 Å². The molecule has 0 bridgehead atoms. The van der Waals surface area contributed by atoms with E-state index in [1.165, 1.54) is 0 Å². The lowest BCUT2D eigenvalue weighted by molar-refractivity contribution is -0.508. The smallest absolute Gasteiger partial charge is 0.235 e. The Bertz CT molecular complexity index is 421. The normalized spacial score (nSPS) is 19.7. The van der Waals surface area contributed by atoms with Crippen LogP contribution in [0.25, 0.3) is 5.57 Å². The SMILES string of the molecule is O=[N+]([O-])C1C=CC=C(c2ccccc2)C1. The molecular weight excluding hydrogens is 190 g/mol. The second kappa shape index (κ2) is 4.09. The second-order valence-electron chi connectivity index (χ2n) is 3.50. The van der Waals surface area contributed by atoms with Crippen LogP contribution in [0.15, 0.2) is 48.6 Å². The topological polar surface area (TPSA) is 43.1 Å². The first-order chi connectivity index (χ1) is 7.27. The van der Waals surface area contributed by atoms with Crippen LogP contribution in [-0.2, 0) is 0 Å². The van der Waals surface area contributed by atoms with Crippen molar-refractivity contribution in [2.45, 2.75) is 12.5 Å². The standard InChI is InChI=1S/C12H11NO2/c14-13(15)12-8-4-7-11(9-12)10-5-2-1-3-6-10/h1-8,12H,9H2. The highest BCUT2D eigenvalue weighted by Gasteiger charge is 2.20. The van der Waals surface area contributed by atoms with E-state index >= 15 is 0 Å². The molecular formula is C12H11NO2. The molecule has 0 heterocycles. The minimum atomic E-state index is -0.579. The first-order valence-corrected chi connectivity index (χ1v) is 4.83. The summed E-state index contributed by atoms with van der Waals surface area (Å²) in [5.74, 6) is 0. The summed E-state index contributed by atoms with van der Waals surface area (Å²) in [5.41, 5.74) is 2.09. The maximum absolute atomic E-state index is 10.7. The van der Waals surface area contributed by atoms with E-state index in [9.17, 15) is 10.1 Å². The molecule has 0 spiro atoms. The highest BCUT2D eigenvalue weighted by atomic mass is 16.6. The molecule has 15 heavy (non-hydrogen) atoms. The third-order valence-electron chi connectivity index (χ3n) is 2.48. The van der Waals surface area contributed by atoms with E-state index in [-0.39, 0.29) is 4.92 Å². The number of nitrogens with zero attached hydrogens (tertiary/aromatic N) is 1. The van der Waals surface area contributed by atoms with Gasteiger partial charge in [0.1, 0.15) is 0 Å². The van der Waals surface area contributed by atoms with Crippen LogP contribution in [-0.4, -0.2) is 11.0 Å². The molecule has 0 N–H and O–H groups in total. The predicted molar refractivity (Wildman–Crippen MR) is 59.0 cm³/mol. The molecule has 1 atom stereocenters. The van der Waals surface area contributed by atoms with Gasteiger partial charge in [0.2, 0.25) is 6.04 Å². The zero-order valence-electron chi connectivity index (χ0n) is 8.17. The van der Waals surface area contributed by atoms with Crippen LogP contribution in [0, 0.1) is 10.1 Å². The number of allylic oxidation sites excluding steroid dienone is 2. The van der Waals surface area contributed by atoms with Crippen LogP contribution < -0.4 is 0 Å². The zero-order chi connectivity index (χ0) is 10.7. The zero-order valence-corrected chi connectivity index (χ0v) is 8.17. The molecule has 3 nitrogen and oxygen atoms in total. The Balaban J connectivity index is 2.22. The highest BCUT2D eigenvalue weighted by molar-refractivity contribution is 5.68. The van der Waals surface area contributed by atoms with Crippen molar-refractivity contribution in [2.75, 3.05) is 0 Å². The Kier molecular flexibility index (Phi) is 2.63. The van der Waals surface area contributed by atoms with Crippen LogP contribution in [0.5, 0.6) is 0 Å². The van der Waals surface area contributed by atoms with Gasteiger partial charge in [-0.05, 0) is 17.2 Å². The van der Waals surface area contributed by atoms with Gasteiger partial charge in [-0.3, -0.25) is 10.1 Å². The van der Waals surface area contributed by atoms with E-state index in [1.807, 2.05) is 36.4 Å². The van der Waals surface area contributed by atoms with Gasteiger partial charge in [-0.2, -0.15) is 0 Å². The molecule has 0 saturated carbocycles. The first kappa shape index (κ1) is 9.65. The fraction of sp³-hybridized carbons (Fsp3) is 0.167. The van der Waals surface area contributed by atoms with Crippen molar-refractivity contribution in [3.05, 3.63) is 64.2 Å². The summed E-state index contributed by atoms with van der Waals surface area (Å²) < 4.78 is 0. The average Bonchev–Trinajstić information content (AvgIpc) is 2.30.